The minimum Gasteiger partial charge on any atom is -0.310 e. The summed E-state index contributed by atoms with van der Waals surface area (Å²) in [5.74, 6) is 0. The summed E-state index contributed by atoms with van der Waals surface area (Å²) in [4.78, 5) is 0. The van der Waals surface area contributed by atoms with E-state index in [1.807, 2.05) is 12.1 Å². The van der Waals surface area contributed by atoms with Gasteiger partial charge in [0.1, 0.15) is 0 Å². The maximum atomic E-state index is 6.15. The molecule has 0 aliphatic carbocycles. The van der Waals surface area contributed by atoms with Gasteiger partial charge in [-0.2, -0.15) is 11.3 Å². The smallest absolute Gasteiger partial charge is 0.0410 e. The summed E-state index contributed by atoms with van der Waals surface area (Å²) in [5.41, 5.74) is 2.66. The fourth-order valence-corrected chi connectivity index (χ4v) is 3.62. The van der Waals surface area contributed by atoms with Gasteiger partial charge in [0.05, 0.1) is 0 Å². The molecule has 1 nitrogen and oxygen atoms in total. The SMILES string of the molecule is CCCNC(CCc1ccsc1)c1cc(Cl)ccc1Br. The van der Waals surface area contributed by atoms with Crippen LogP contribution in [0.4, 0.5) is 0 Å². The second-order valence-electron chi connectivity index (χ2n) is 4.84. The highest BCUT2D eigenvalue weighted by Crippen LogP contribution is 2.29. The van der Waals surface area contributed by atoms with Crippen LogP contribution < -0.4 is 5.32 Å². The molecule has 2 rings (SSSR count). The van der Waals surface area contributed by atoms with Crippen LogP contribution in [0.5, 0.6) is 0 Å². The molecule has 1 N–H and O–H groups in total. The van der Waals surface area contributed by atoms with Crippen LogP contribution in [0.3, 0.4) is 0 Å². The molecule has 4 heteroatoms. The van der Waals surface area contributed by atoms with Gasteiger partial charge < -0.3 is 5.32 Å². The Hall–Kier alpha value is -0.350. The first-order valence-corrected chi connectivity index (χ1v) is 9.01. The second-order valence-corrected chi connectivity index (χ2v) is 6.91. The molecule has 1 aromatic heterocycles. The van der Waals surface area contributed by atoms with Gasteiger partial charge in [0, 0.05) is 15.5 Å². The van der Waals surface area contributed by atoms with Crippen molar-refractivity contribution in [3.63, 3.8) is 0 Å². The van der Waals surface area contributed by atoms with Crippen molar-refractivity contribution in [2.45, 2.75) is 32.2 Å². The summed E-state index contributed by atoms with van der Waals surface area (Å²) in [5, 5.41) is 8.79. The van der Waals surface area contributed by atoms with E-state index >= 15 is 0 Å². The highest BCUT2D eigenvalue weighted by Gasteiger charge is 2.14. The summed E-state index contributed by atoms with van der Waals surface area (Å²) >= 11 is 11.6. The normalized spacial score (nSPS) is 12.6. The molecule has 1 aromatic carbocycles. The van der Waals surface area contributed by atoms with Crippen LogP contribution in [-0.4, -0.2) is 6.54 Å². The quantitative estimate of drug-likeness (QED) is 0.644. The van der Waals surface area contributed by atoms with Crippen molar-refractivity contribution in [3.05, 3.63) is 55.6 Å². The molecule has 0 saturated carbocycles. The van der Waals surface area contributed by atoms with Crippen LogP contribution in [0.15, 0.2) is 39.5 Å². The maximum absolute atomic E-state index is 6.15. The highest BCUT2D eigenvalue weighted by molar-refractivity contribution is 9.10. The third-order valence-corrected chi connectivity index (χ3v) is 4.97. The molecule has 0 aliphatic rings. The van der Waals surface area contributed by atoms with E-state index < -0.39 is 0 Å². The number of thiophene rings is 1. The Kier molecular flexibility index (Phi) is 6.56. The number of hydrogen-bond donors (Lipinski definition) is 1. The minimum atomic E-state index is 0.336. The summed E-state index contributed by atoms with van der Waals surface area (Å²) in [6.07, 6.45) is 3.30. The number of aryl methyl sites for hydroxylation is 1. The topological polar surface area (TPSA) is 12.0 Å². The predicted octanol–water partition coefficient (Wildman–Crippen LogP) is 5.84. The number of halogens is 2. The number of nitrogens with one attached hydrogen (secondary N) is 1. The summed E-state index contributed by atoms with van der Waals surface area (Å²) < 4.78 is 1.13. The molecular weight excluding hydrogens is 354 g/mol. The van der Waals surface area contributed by atoms with Gasteiger partial charge in [0.25, 0.3) is 0 Å². The second kappa shape index (κ2) is 8.18. The van der Waals surface area contributed by atoms with Crippen molar-refractivity contribution in [3.8, 4) is 0 Å². The molecule has 0 saturated heterocycles. The highest BCUT2D eigenvalue weighted by atomic mass is 79.9. The van der Waals surface area contributed by atoms with Crippen molar-refractivity contribution >= 4 is 38.9 Å². The molecule has 0 radical (unpaired) electrons. The van der Waals surface area contributed by atoms with E-state index in [1.54, 1.807) is 11.3 Å². The fraction of sp³-hybridized carbons (Fsp3) is 0.375. The Labute approximate surface area is 138 Å². The van der Waals surface area contributed by atoms with Gasteiger partial charge in [-0.15, -0.1) is 0 Å². The van der Waals surface area contributed by atoms with Crippen molar-refractivity contribution < 1.29 is 0 Å². The number of rotatable bonds is 7. The molecule has 1 unspecified atom stereocenters. The Morgan fingerprint density at radius 3 is 2.90 bits per heavy atom. The Morgan fingerprint density at radius 2 is 2.20 bits per heavy atom. The van der Waals surface area contributed by atoms with E-state index in [0.717, 1.165) is 35.3 Å². The van der Waals surface area contributed by atoms with E-state index in [0.29, 0.717) is 6.04 Å². The zero-order valence-electron chi connectivity index (χ0n) is 11.5. The lowest BCUT2D eigenvalue weighted by Gasteiger charge is -2.20. The standard InChI is InChI=1S/C16H19BrClNS/c1-2-8-19-16(6-3-12-7-9-20-11-12)14-10-13(18)4-5-15(14)17/h4-5,7,9-11,16,19H,2-3,6,8H2,1H3. The first-order chi connectivity index (χ1) is 9.70. The van der Waals surface area contributed by atoms with Crippen LogP contribution in [-0.2, 0) is 6.42 Å². The van der Waals surface area contributed by atoms with Gasteiger partial charge in [-0.3, -0.25) is 0 Å². The molecule has 1 atom stereocenters. The van der Waals surface area contributed by atoms with Crippen molar-refractivity contribution in [1.29, 1.82) is 0 Å². The first-order valence-electron chi connectivity index (χ1n) is 6.90. The lowest BCUT2D eigenvalue weighted by molar-refractivity contribution is 0.498. The summed E-state index contributed by atoms with van der Waals surface area (Å²) in [7, 11) is 0. The van der Waals surface area contributed by atoms with E-state index in [9.17, 15) is 0 Å². The van der Waals surface area contributed by atoms with Gasteiger partial charge >= 0.3 is 0 Å². The molecule has 108 valence electrons. The third kappa shape index (κ3) is 4.59. The van der Waals surface area contributed by atoms with Crippen LogP contribution in [0, 0.1) is 0 Å². The van der Waals surface area contributed by atoms with E-state index in [2.05, 4.69) is 51.1 Å². The Morgan fingerprint density at radius 1 is 1.35 bits per heavy atom. The zero-order valence-corrected chi connectivity index (χ0v) is 14.7. The number of benzene rings is 1. The third-order valence-electron chi connectivity index (χ3n) is 3.28. The maximum Gasteiger partial charge on any atom is 0.0410 e. The minimum absolute atomic E-state index is 0.336. The molecule has 0 bridgehead atoms. The molecule has 2 aromatic rings. The molecule has 0 amide bonds. The Bertz CT molecular complexity index is 527. The molecule has 0 fully saturated rings. The molecule has 0 aliphatic heterocycles. The lowest BCUT2D eigenvalue weighted by atomic mass is 10.00. The number of hydrogen-bond acceptors (Lipinski definition) is 2. The molecule has 0 spiro atoms. The molecule has 20 heavy (non-hydrogen) atoms. The summed E-state index contributed by atoms with van der Waals surface area (Å²) in [6, 6.07) is 8.55. The van der Waals surface area contributed by atoms with Crippen molar-refractivity contribution in [1.82, 2.24) is 5.32 Å². The monoisotopic (exact) mass is 371 g/mol. The summed E-state index contributed by atoms with van der Waals surface area (Å²) in [6.45, 7) is 3.21. The van der Waals surface area contributed by atoms with Gasteiger partial charge in [-0.25, -0.2) is 0 Å². The molecular formula is C16H19BrClNS. The van der Waals surface area contributed by atoms with Gasteiger partial charge in [-0.1, -0.05) is 34.5 Å². The van der Waals surface area contributed by atoms with E-state index in [-0.39, 0.29) is 0 Å². The Balaban J connectivity index is 2.11. The average Bonchev–Trinajstić information content (AvgIpc) is 2.95. The van der Waals surface area contributed by atoms with Crippen LogP contribution in [0.25, 0.3) is 0 Å². The van der Waals surface area contributed by atoms with Crippen LogP contribution in [0.2, 0.25) is 5.02 Å². The lowest BCUT2D eigenvalue weighted by Crippen LogP contribution is -2.23. The zero-order chi connectivity index (χ0) is 14.4. The van der Waals surface area contributed by atoms with E-state index in [4.69, 9.17) is 11.6 Å². The average molecular weight is 373 g/mol. The molecule has 1 heterocycles. The van der Waals surface area contributed by atoms with Gasteiger partial charge in [0.15, 0.2) is 0 Å². The van der Waals surface area contributed by atoms with Gasteiger partial charge in [-0.05, 0) is 72.0 Å². The van der Waals surface area contributed by atoms with Crippen molar-refractivity contribution in [2.75, 3.05) is 6.54 Å². The van der Waals surface area contributed by atoms with Crippen molar-refractivity contribution in [2.24, 2.45) is 0 Å². The van der Waals surface area contributed by atoms with Crippen LogP contribution in [0.1, 0.15) is 36.9 Å². The largest absolute Gasteiger partial charge is 0.310 e. The van der Waals surface area contributed by atoms with Gasteiger partial charge in [0.2, 0.25) is 0 Å². The first kappa shape index (κ1) is 16.0. The fourth-order valence-electron chi connectivity index (χ4n) is 2.21. The van der Waals surface area contributed by atoms with Crippen LogP contribution >= 0.6 is 38.9 Å². The van der Waals surface area contributed by atoms with E-state index in [1.165, 1.54) is 11.1 Å². The predicted molar refractivity (Wildman–Crippen MR) is 92.8 cm³/mol.